The lowest BCUT2D eigenvalue weighted by Crippen LogP contribution is -2.13. The van der Waals surface area contributed by atoms with Gasteiger partial charge in [0.1, 0.15) is 0 Å². The third-order valence-electron chi connectivity index (χ3n) is 3.92. The van der Waals surface area contributed by atoms with Gasteiger partial charge in [-0.05, 0) is 36.2 Å². The summed E-state index contributed by atoms with van der Waals surface area (Å²) in [6, 6.07) is 11.5. The molecule has 3 N–H and O–H groups in total. The largest absolute Gasteiger partial charge is 0.490 e. The summed E-state index contributed by atoms with van der Waals surface area (Å²) in [5.41, 5.74) is 1.50. The molecule has 0 aliphatic carbocycles. The molecule has 1 amide bonds. The van der Waals surface area contributed by atoms with Crippen molar-refractivity contribution in [1.82, 2.24) is 0 Å². The van der Waals surface area contributed by atoms with Gasteiger partial charge in [0.2, 0.25) is 15.9 Å². The zero-order valence-corrected chi connectivity index (χ0v) is 14.9. The summed E-state index contributed by atoms with van der Waals surface area (Å²) in [5, 5.41) is 7.89. The summed E-state index contributed by atoms with van der Waals surface area (Å²) in [4.78, 5) is 12.2. The highest BCUT2D eigenvalue weighted by molar-refractivity contribution is 7.89. The number of hydrogen-bond donors (Lipinski definition) is 2. The quantitative estimate of drug-likeness (QED) is 0.830. The van der Waals surface area contributed by atoms with E-state index in [1.54, 1.807) is 30.3 Å². The average Bonchev–Trinajstić information content (AvgIpc) is 2.84. The molecule has 1 heterocycles. The minimum absolute atomic E-state index is 0.0536. The topological polar surface area (TPSA) is 108 Å². The van der Waals surface area contributed by atoms with Crippen LogP contribution in [0, 0.1) is 0 Å². The molecule has 7 nitrogen and oxygen atoms in total. The third kappa shape index (κ3) is 4.74. The molecule has 0 atom stereocenters. The van der Waals surface area contributed by atoms with Crippen LogP contribution in [0.15, 0.2) is 47.4 Å². The van der Waals surface area contributed by atoms with Crippen LogP contribution < -0.4 is 19.9 Å². The number of sulfonamides is 1. The Bertz CT molecular complexity index is 894. The van der Waals surface area contributed by atoms with E-state index in [-0.39, 0.29) is 17.2 Å². The maximum Gasteiger partial charge on any atom is 0.238 e. The summed E-state index contributed by atoms with van der Waals surface area (Å²) >= 11 is 0. The number of anilines is 1. The minimum atomic E-state index is -3.70. The molecule has 1 aliphatic heterocycles. The van der Waals surface area contributed by atoms with E-state index < -0.39 is 10.0 Å². The van der Waals surface area contributed by atoms with Crippen molar-refractivity contribution in [3.8, 4) is 11.5 Å². The molecule has 0 bridgehead atoms. The zero-order valence-electron chi connectivity index (χ0n) is 14.1. The van der Waals surface area contributed by atoms with Crippen LogP contribution in [0.5, 0.6) is 11.5 Å². The molecule has 0 spiro atoms. The van der Waals surface area contributed by atoms with Crippen LogP contribution in [0.1, 0.15) is 18.4 Å². The fourth-order valence-corrected chi connectivity index (χ4v) is 3.08. The maximum absolute atomic E-state index is 12.1. The number of ether oxygens (including phenoxy) is 2. The fraction of sp³-hybridized carbons (Fsp3) is 0.278. The van der Waals surface area contributed by atoms with Gasteiger partial charge < -0.3 is 14.8 Å². The lowest BCUT2D eigenvalue weighted by molar-refractivity contribution is -0.116. The Labute approximate surface area is 152 Å². The Morgan fingerprint density at radius 1 is 1.04 bits per heavy atom. The Morgan fingerprint density at radius 3 is 2.42 bits per heavy atom. The second-order valence-corrected chi connectivity index (χ2v) is 7.51. The number of hydrogen-bond acceptors (Lipinski definition) is 5. The number of carbonyl (C=O) groups is 1. The maximum atomic E-state index is 12.1. The van der Waals surface area contributed by atoms with E-state index in [0.29, 0.717) is 36.8 Å². The second-order valence-electron chi connectivity index (χ2n) is 5.95. The van der Waals surface area contributed by atoms with Gasteiger partial charge in [0.25, 0.3) is 0 Å². The first kappa shape index (κ1) is 18.2. The molecule has 0 aromatic heterocycles. The first-order valence-electron chi connectivity index (χ1n) is 8.23. The van der Waals surface area contributed by atoms with Crippen molar-refractivity contribution in [2.75, 3.05) is 18.5 Å². The molecule has 3 rings (SSSR count). The summed E-state index contributed by atoms with van der Waals surface area (Å²) in [7, 11) is -3.70. The van der Waals surface area contributed by atoms with Crippen LogP contribution >= 0.6 is 0 Å². The molecule has 2 aromatic rings. The van der Waals surface area contributed by atoms with Gasteiger partial charge in [0.05, 0.1) is 18.1 Å². The van der Waals surface area contributed by atoms with Gasteiger partial charge in [0, 0.05) is 24.6 Å². The van der Waals surface area contributed by atoms with Crippen molar-refractivity contribution in [2.24, 2.45) is 5.14 Å². The number of nitrogens with two attached hydrogens (primary N) is 1. The van der Waals surface area contributed by atoms with Crippen LogP contribution in [0.3, 0.4) is 0 Å². The summed E-state index contributed by atoms with van der Waals surface area (Å²) in [6.45, 7) is 1.20. The van der Waals surface area contributed by atoms with E-state index in [4.69, 9.17) is 14.6 Å². The van der Waals surface area contributed by atoms with Gasteiger partial charge in [-0.1, -0.05) is 12.1 Å². The molecule has 8 heteroatoms. The molecular formula is C18H20N2O5S. The summed E-state index contributed by atoms with van der Waals surface area (Å²) in [6.07, 6.45) is 1.57. The first-order chi connectivity index (χ1) is 12.4. The van der Waals surface area contributed by atoms with Gasteiger partial charge in [-0.2, -0.15) is 0 Å². The van der Waals surface area contributed by atoms with Crippen molar-refractivity contribution in [2.45, 2.75) is 24.2 Å². The van der Waals surface area contributed by atoms with Crippen molar-refractivity contribution < 1.29 is 22.7 Å². The van der Waals surface area contributed by atoms with Crippen molar-refractivity contribution >= 4 is 21.6 Å². The van der Waals surface area contributed by atoms with E-state index in [1.807, 2.05) is 0 Å². The lowest BCUT2D eigenvalue weighted by atomic mass is 10.1. The highest BCUT2D eigenvalue weighted by atomic mass is 32.2. The van der Waals surface area contributed by atoms with Crippen LogP contribution in [-0.4, -0.2) is 27.5 Å². The van der Waals surface area contributed by atoms with Crippen LogP contribution in [-0.2, 0) is 21.2 Å². The Balaban J connectivity index is 1.57. The Morgan fingerprint density at radius 2 is 1.73 bits per heavy atom. The number of rotatable bonds is 5. The normalized spacial score (nSPS) is 13.7. The minimum Gasteiger partial charge on any atom is -0.490 e. The monoisotopic (exact) mass is 376 g/mol. The molecule has 0 fully saturated rings. The van der Waals surface area contributed by atoms with Crippen LogP contribution in [0.25, 0.3) is 0 Å². The number of aryl methyl sites for hydroxylation is 1. The summed E-state index contributed by atoms with van der Waals surface area (Å²) in [5.74, 6) is 1.16. The number of carbonyl (C=O) groups excluding carboxylic acids is 1. The fourth-order valence-electron chi connectivity index (χ4n) is 2.57. The number of nitrogens with one attached hydrogen (secondary N) is 1. The average molecular weight is 376 g/mol. The van der Waals surface area contributed by atoms with Crippen LogP contribution in [0.4, 0.5) is 5.69 Å². The molecule has 0 radical (unpaired) electrons. The number of amides is 1. The van der Waals surface area contributed by atoms with E-state index in [1.165, 1.54) is 12.1 Å². The molecule has 0 unspecified atom stereocenters. The third-order valence-corrected chi connectivity index (χ3v) is 4.85. The molecule has 0 saturated heterocycles. The van der Waals surface area contributed by atoms with Crippen LogP contribution in [0.2, 0.25) is 0 Å². The molecule has 138 valence electrons. The Kier molecular flexibility index (Phi) is 5.43. The predicted molar refractivity (Wildman–Crippen MR) is 96.8 cm³/mol. The van der Waals surface area contributed by atoms with Gasteiger partial charge in [-0.15, -0.1) is 0 Å². The highest BCUT2D eigenvalue weighted by Crippen LogP contribution is 2.32. The molecule has 1 aliphatic rings. The van der Waals surface area contributed by atoms with Crippen molar-refractivity contribution in [1.29, 1.82) is 0 Å². The van der Waals surface area contributed by atoms with E-state index in [9.17, 15) is 13.2 Å². The number of fused-ring (bicyclic) bond motifs is 1. The number of benzene rings is 2. The standard InChI is InChI=1S/C18H20N2O5S/c19-26(22,23)15-6-2-13(3-7-15)4-9-18(21)20-14-5-8-16-17(12-14)25-11-1-10-24-16/h2-3,5-8,12H,1,4,9-11H2,(H,20,21)(H2,19,22,23). The Hall–Kier alpha value is -2.58. The van der Waals surface area contributed by atoms with Gasteiger partial charge in [-0.25, -0.2) is 13.6 Å². The van der Waals surface area contributed by atoms with E-state index in [2.05, 4.69) is 5.32 Å². The molecule has 26 heavy (non-hydrogen) atoms. The lowest BCUT2D eigenvalue weighted by Gasteiger charge is -2.10. The highest BCUT2D eigenvalue weighted by Gasteiger charge is 2.12. The zero-order chi connectivity index (χ0) is 18.6. The van der Waals surface area contributed by atoms with Crippen molar-refractivity contribution in [3.05, 3.63) is 48.0 Å². The smallest absolute Gasteiger partial charge is 0.238 e. The first-order valence-corrected chi connectivity index (χ1v) is 9.78. The number of primary sulfonamides is 1. The summed E-state index contributed by atoms with van der Waals surface area (Å²) < 4.78 is 33.6. The van der Waals surface area contributed by atoms with Gasteiger partial charge in [0.15, 0.2) is 11.5 Å². The van der Waals surface area contributed by atoms with E-state index in [0.717, 1.165) is 12.0 Å². The van der Waals surface area contributed by atoms with Gasteiger partial charge >= 0.3 is 0 Å². The molecule has 0 saturated carbocycles. The van der Waals surface area contributed by atoms with E-state index >= 15 is 0 Å². The predicted octanol–water partition coefficient (Wildman–Crippen LogP) is 2.07. The second kappa shape index (κ2) is 7.76. The molecular weight excluding hydrogens is 356 g/mol. The van der Waals surface area contributed by atoms with Gasteiger partial charge in [-0.3, -0.25) is 4.79 Å². The van der Waals surface area contributed by atoms with Crippen molar-refractivity contribution in [3.63, 3.8) is 0 Å². The SMILES string of the molecule is NS(=O)(=O)c1ccc(CCC(=O)Nc2ccc3c(c2)OCCCO3)cc1. The molecule has 2 aromatic carbocycles.